The molecule has 28 heavy (non-hydrogen) atoms. The SMILES string of the molecule is C(=NC1CCCCC1)=NC(c1ccccc1)(c1ccccc1)c1ccccc1. The molecule has 0 N–H and O–H groups in total. The molecule has 1 aliphatic rings. The van der Waals surface area contributed by atoms with E-state index in [1.807, 2.05) is 18.2 Å². The molecule has 1 aliphatic carbocycles. The van der Waals surface area contributed by atoms with Crippen molar-refractivity contribution in [1.82, 2.24) is 0 Å². The van der Waals surface area contributed by atoms with Gasteiger partial charge in [-0.1, -0.05) is 110 Å². The van der Waals surface area contributed by atoms with E-state index in [-0.39, 0.29) is 0 Å². The van der Waals surface area contributed by atoms with E-state index in [1.54, 1.807) is 0 Å². The Morgan fingerprint density at radius 3 is 1.46 bits per heavy atom. The van der Waals surface area contributed by atoms with Crippen molar-refractivity contribution in [2.45, 2.75) is 43.7 Å². The van der Waals surface area contributed by atoms with E-state index < -0.39 is 5.54 Å². The van der Waals surface area contributed by atoms with Gasteiger partial charge in [-0.15, -0.1) is 0 Å². The summed E-state index contributed by atoms with van der Waals surface area (Å²) >= 11 is 0. The second kappa shape index (κ2) is 8.82. The third kappa shape index (κ3) is 3.83. The van der Waals surface area contributed by atoms with Crippen LogP contribution < -0.4 is 0 Å². The topological polar surface area (TPSA) is 24.7 Å². The third-order valence-electron chi connectivity index (χ3n) is 5.61. The fourth-order valence-electron chi connectivity index (χ4n) is 4.13. The minimum Gasteiger partial charge on any atom is -0.222 e. The van der Waals surface area contributed by atoms with E-state index in [4.69, 9.17) is 9.98 Å². The Hall–Kier alpha value is -2.96. The third-order valence-corrected chi connectivity index (χ3v) is 5.61. The van der Waals surface area contributed by atoms with E-state index in [0.29, 0.717) is 6.04 Å². The monoisotopic (exact) mass is 366 g/mol. The van der Waals surface area contributed by atoms with Gasteiger partial charge in [-0.3, -0.25) is 0 Å². The Morgan fingerprint density at radius 1 is 0.607 bits per heavy atom. The molecule has 0 saturated heterocycles. The number of hydrogen-bond acceptors (Lipinski definition) is 2. The van der Waals surface area contributed by atoms with Crippen LogP contribution in [0.4, 0.5) is 0 Å². The number of rotatable bonds is 5. The summed E-state index contributed by atoms with van der Waals surface area (Å²) < 4.78 is 0. The highest BCUT2D eigenvalue weighted by Gasteiger charge is 2.35. The first-order chi connectivity index (χ1) is 13.9. The van der Waals surface area contributed by atoms with Gasteiger partial charge in [-0.25, -0.2) is 9.98 Å². The first-order valence-electron chi connectivity index (χ1n) is 10.2. The van der Waals surface area contributed by atoms with Crippen LogP contribution in [0.5, 0.6) is 0 Å². The zero-order valence-corrected chi connectivity index (χ0v) is 16.2. The summed E-state index contributed by atoms with van der Waals surface area (Å²) in [4.78, 5) is 9.77. The van der Waals surface area contributed by atoms with Crippen molar-refractivity contribution in [3.63, 3.8) is 0 Å². The van der Waals surface area contributed by atoms with Gasteiger partial charge in [-0.2, -0.15) is 0 Å². The van der Waals surface area contributed by atoms with Crippen LogP contribution in [0.25, 0.3) is 0 Å². The molecule has 0 aromatic heterocycles. The van der Waals surface area contributed by atoms with Crippen LogP contribution in [0.3, 0.4) is 0 Å². The quantitative estimate of drug-likeness (QED) is 0.364. The molecule has 2 heteroatoms. The van der Waals surface area contributed by atoms with E-state index in [2.05, 4.69) is 78.8 Å². The van der Waals surface area contributed by atoms with Crippen molar-refractivity contribution in [2.75, 3.05) is 0 Å². The lowest BCUT2D eigenvalue weighted by molar-refractivity contribution is 0.444. The normalized spacial score (nSPS) is 14.9. The largest absolute Gasteiger partial charge is 0.222 e. The van der Waals surface area contributed by atoms with Crippen molar-refractivity contribution in [3.05, 3.63) is 108 Å². The number of hydrogen-bond donors (Lipinski definition) is 0. The minimum absolute atomic E-state index is 0.359. The molecular weight excluding hydrogens is 340 g/mol. The highest BCUT2D eigenvalue weighted by Crippen LogP contribution is 2.40. The van der Waals surface area contributed by atoms with Crippen molar-refractivity contribution < 1.29 is 0 Å². The molecule has 2 nitrogen and oxygen atoms in total. The highest BCUT2D eigenvalue weighted by atomic mass is 14.9. The van der Waals surface area contributed by atoms with Crippen LogP contribution in [0.2, 0.25) is 0 Å². The standard InChI is InChI=1S/C26H26N2/c1-5-13-22(14-6-1)26(23-15-7-2-8-16-23,24-17-9-3-10-18-24)28-21-27-25-19-11-4-12-20-25/h1-3,5-10,13-18,25H,4,11-12,19-20H2. The first-order valence-corrected chi connectivity index (χ1v) is 10.2. The lowest BCUT2D eigenvalue weighted by atomic mass is 9.77. The van der Waals surface area contributed by atoms with Crippen LogP contribution in [0.15, 0.2) is 101 Å². The average Bonchev–Trinajstić information content (AvgIpc) is 2.79. The van der Waals surface area contributed by atoms with Crippen molar-refractivity contribution in [1.29, 1.82) is 0 Å². The molecule has 0 atom stereocenters. The van der Waals surface area contributed by atoms with Crippen LogP contribution >= 0.6 is 0 Å². The molecule has 3 aromatic carbocycles. The van der Waals surface area contributed by atoms with E-state index in [1.165, 1.54) is 19.3 Å². The Balaban J connectivity index is 1.89. The lowest BCUT2D eigenvalue weighted by Crippen LogP contribution is -2.27. The van der Waals surface area contributed by atoms with Gasteiger partial charge in [0.15, 0.2) is 0 Å². The Labute approximate surface area is 167 Å². The Kier molecular flexibility index (Phi) is 5.80. The molecule has 1 saturated carbocycles. The van der Waals surface area contributed by atoms with E-state index in [9.17, 15) is 0 Å². The summed E-state index contributed by atoms with van der Waals surface area (Å²) in [6.45, 7) is 0. The van der Waals surface area contributed by atoms with E-state index in [0.717, 1.165) is 29.5 Å². The summed E-state index contributed by atoms with van der Waals surface area (Å²) in [6.07, 6.45) is 6.15. The second-order valence-electron chi connectivity index (χ2n) is 7.44. The summed E-state index contributed by atoms with van der Waals surface area (Å²) in [7, 11) is 0. The van der Waals surface area contributed by atoms with Gasteiger partial charge in [0.05, 0.1) is 12.1 Å². The molecule has 0 amide bonds. The summed E-state index contributed by atoms with van der Waals surface area (Å²) in [5, 5.41) is 0. The molecule has 0 unspecified atom stereocenters. The number of nitrogens with zero attached hydrogens (tertiary/aromatic N) is 2. The first kappa shape index (κ1) is 18.4. The van der Waals surface area contributed by atoms with Gasteiger partial charge >= 0.3 is 0 Å². The van der Waals surface area contributed by atoms with Gasteiger partial charge in [0.2, 0.25) is 0 Å². The Morgan fingerprint density at radius 2 is 1.04 bits per heavy atom. The summed E-state index contributed by atoms with van der Waals surface area (Å²) in [5.74, 6) is 0. The van der Waals surface area contributed by atoms with Crippen LogP contribution in [0.1, 0.15) is 48.8 Å². The van der Waals surface area contributed by atoms with Gasteiger partial charge in [0, 0.05) is 0 Å². The molecule has 0 spiro atoms. The second-order valence-corrected chi connectivity index (χ2v) is 7.44. The molecule has 0 heterocycles. The maximum atomic E-state index is 5.04. The molecule has 0 aliphatic heterocycles. The molecule has 3 aromatic rings. The van der Waals surface area contributed by atoms with Crippen LogP contribution in [-0.4, -0.2) is 12.1 Å². The molecule has 1 fully saturated rings. The molecule has 0 radical (unpaired) electrons. The zero-order valence-electron chi connectivity index (χ0n) is 16.2. The van der Waals surface area contributed by atoms with Crippen molar-refractivity contribution in [3.8, 4) is 0 Å². The number of benzene rings is 3. The summed E-state index contributed by atoms with van der Waals surface area (Å²) in [6, 6.07) is 34.9. The van der Waals surface area contributed by atoms with Gasteiger partial charge < -0.3 is 0 Å². The smallest absolute Gasteiger partial charge is 0.147 e. The zero-order chi connectivity index (χ0) is 19.1. The van der Waals surface area contributed by atoms with Crippen LogP contribution in [-0.2, 0) is 5.54 Å². The molecular formula is C26H26N2. The molecule has 0 bridgehead atoms. The predicted molar refractivity (Wildman–Crippen MR) is 116 cm³/mol. The minimum atomic E-state index is -0.651. The van der Waals surface area contributed by atoms with Gasteiger partial charge in [0.25, 0.3) is 0 Å². The van der Waals surface area contributed by atoms with E-state index >= 15 is 0 Å². The summed E-state index contributed by atoms with van der Waals surface area (Å²) in [5.41, 5.74) is 2.72. The van der Waals surface area contributed by atoms with Crippen LogP contribution in [0, 0.1) is 0 Å². The fourth-order valence-corrected chi connectivity index (χ4v) is 4.13. The average molecular weight is 367 g/mol. The predicted octanol–water partition coefficient (Wildman–Crippen LogP) is 6.49. The number of aliphatic imine (C=N–C) groups is 2. The maximum absolute atomic E-state index is 5.04. The van der Waals surface area contributed by atoms with Crippen molar-refractivity contribution >= 4 is 6.01 Å². The van der Waals surface area contributed by atoms with Crippen molar-refractivity contribution in [2.24, 2.45) is 9.98 Å². The molecule has 140 valence electrons. The fraction of sp³-hybridized carbons (Fsp3) is 0.269. The van der Waals surface area contributed by atoms with Gasteiger partial charge in [-0.05, 0) is 29.5 Å². The van der Waals surface area contributed by atoms with Gasteiger partial charge in [0.1, 0.15) is 5.54 Å². The Bertz CT molecular complexity index is 823. The molecule has 4 rings (SSSR count). The highest BCUT2D eigenvalue weighted by molar-refractivity contribution is 5.55. The maximum Gasteiger partial charge on any atom is 0.147 e. The lowest BCUT2D eigenvalue weighted by Gasteiger charge is -2.30.